The number of ether oxygens (including phenoxy) is 1. The van der Waals surface area contributed by atoms with Crippen molar-refractivity contribution in [3.8, 4) is 0 Å². The Morgan fingerprint density at radius 2 is 1.90 bits per heavy atom. The van der Waals surface area contributed by atoms with Crippen LogP contribution in [0.3, 0.4) is 0 Å². The summed E-state index contributed by atoms with van der Waals surface area (Å²) in [4.78, 5) is 12.3. The average molecular weight is 275 g/mol. The first-order chi connectivity index (χ1) is 9.76. The van der Waals surface area contributed by atoms with E-state index in [1.165, 1.54) is 12.8 Å². The van der Waals surface area contributed by atoms with Crippen molar-refractivity contribution in [3.05, 3.63) is 35.9 Å². The molecule has 108 valence electrons. The Kier molecular flexibility index (Phi) is 4.03. The minimum absolute atomic E-state index is 0.000915. The Morgan fingerprint density at radius 3 is 2.50 bits per heavy atom. The third-order valence-electron chi connectivity index (χ3n) is 4.38. The van der Waals surface area contributed by atoms with Crippen LogP contribution in [0.4, 0.5) is 0 Å². The first-order valence-electron chi connectivity index (χ1n) is 7.38. The molecule has 1 aromatic carbocycles. The monoisotopic (exact) mass is 275 g/mol. The molecule has 2 N–H and O–H groups in total. The number of fused-ring (bicyclic) bond motifs is 2. The highest BCUT2D eigenvalue weighted by Crippen LogP contribution is 2.29. The number of benzene rings is 1. The first-order valence-corrected chi connectivity index (χ1v) is 7.38. The molecule has 2 fully saturated rings. The van der Waals surface area contributed by atoms with Gasteiger partial charge in [-0.25, -0.2) is 0 Å². The predicted molar refractivity (Wildman–Crippen MR) is 75.3 cm³/mol. The molecular formula is C16H21NO3. The Hall–Kier alpha value is -1.39. The lowest BCUT2D eigenvalue weighted by atomic mass is 9.99. The van der Waals surface area contributed by atoms with E-state index in [9.17, 15) is 9.90 Å². The fourth-order valence-corrected chi connectivity index (χ4v) is 3.35. The van der Waals surface area contributed by atoms with Crippen LogP contribution >= 0.6 is 0 Å². The number of aliphatic hydroxyl groups excluding tert-OH is 1. The number of esters is 1. The van der Waals surface area contributed by atoms with Gasteiger partial charge in [-0.05, 0) is 31.2 Å². The number of piperidine rings is 1. The van der Waals surface area contributed by atoms with Gasteiger partial charge in [0.1, 0.15) is 12.0 Å². The van der Waals surface area contributed by atoms with Crippen LogP contribution in [-0.4, -0.2) is 35.9 Å². The summed E-state index contributed by atoms with van der Waals surface area (Å²) in [6.45, 7) is -0.208. The number of carbonyl (C=O) groups is 1. The molecular weight excluding hydrogens is 254 g/mol. The van der Waals surface area contributed by atoms with Gasteiger partial charge in [-0.3, -0.25) is 4.79 Å². The fourth-order valence-electron chi connectivity index (χ4n) is 3.35. The molecule has 1 unspecified atom stereocenters. The normalized spacial score (nSPS) is 29.9. The van der Waals surface area contributed by atoms with Crippen molar-refractivity contribution in [2.75, 3.05) is 6.61 Å². The molecule has 20 heavy (non-hydrogen) atoms. The maximum atomic E-state index is 12.3. The van der Waals surface area contributed by atoms with E-state index >= 15 is 0 Å². The first kappa shape index (κ1) is 13.6. The van der Waals surface area contributed by atoms with Crippen LogP contribution in [-0.2, 0) is 9.53 Å². The number of nitrogens with one attached hydrogen (secondary N) is 1. The minimum Gasteiger partial charge on any atom is -0.462 e. The predicted octanol–water partition coefficient (Wildman–Crippen LogP) is 1.59. The molecule has 2 aliphatic rings. The summed E-state index contributed by atoms with van der Waals surface area (Å²) in [5.41, 5.74) is 0.817. The molecule has 1 aromatic rings. The van der Waals surface area contributed by atoms with Crippen molar-refractivity contribution >= 4 is 5.97 Å². The lowest BCUT2D eigenvalue weighted by Crippen LogP contribution is -2.42. The Bertz CT molecular complexity index is 450. The number of hydrogen-bond donors (Lipinski definition) is 2. The maximum absolute atomic E-state index is 12.3. The van der Waals surface area contributed by atoms with E-state index in [0.29, 0.717) is 12.1 Å². The zero-order valence-corrected chi connectivity index (χ0v) is 11.5. The van der Waals surface area contributed by atoms with Crippen molar-refractivity contribution in [2.24, 2.45) is 0 Å². The van der Waals surface area contributed by atoms with Crippen LogP contribution in [0.1, 0.15) is 37.2 Å². The van der Waals surface area contributed by atoms with E-state index in [4.69, 9.17) is 4.74 Å². The number of aliphatic hydroxyl groups is 1. The zero-order chi connectivity index (χ0) is 13.9. The molecule has 0 aromatic heterocycles. The molecule has 0 spiro atoms. The van der Waals surface area contributed by atoms with Gasteiger partial charge in [0.25, 0.3) is 0 Å². The standard InChI is InChI=1S/C16H21NO3/c18-10-15(11-4-2-1-3-5-11)16(19)20-14-8-12-6-7-13(9-14)17-12/h1-5,12-15,17-18H,6-10H2/t12-,13+,14?,15-/m1/s1. The van der Waals surface area contributed by atoms with Crippen molar-refractivity contribution in [2.45, 2.75) is 49.8 Å². The second-order valence-corrected chi connectivity index (χ2v) is 5.81. The van der Waals surface area contributed by atoms with E-state index < -0.39 is 5.92 Å². The third kappa shape index (κ3) is 2.86. The molecule has 0 radical (unpaired) electrons. The van der Waals surface area contributed by atoms with E-state index in [2.05, 4.69) is 5.32 Å². The second-order valence-electron chi connectivity index (χ2n) is 5.81. The van der Waals surface area contributed by atoms with Gasteiger partial charge in [0.2, 0.25) is 0 Å². The van der Waals surface area contributed by atoms with Crippen LogP contribution in [0.5, 0.6) is 0 Å². The van der Waals surface area contributed by atoms with Crippen molar-refractivity contribution in [3.63, 3.8) is 0 Å². The molecule has 0 amide bonds. The number of hydrogen-bond acceptors (Lipinski definition) is 4. The molecule has 0 aliphatic carbocycles. The average Bonchev–Trinajstić information content (AvgIpc) is 2.80. The van der Waals surface area contributed by atoms with E-state index in [-0.39, 0.29) is 18.7 Å². The summed E-state index contributed by atoms with van der Waals surface area (Å²) < 4.78 is 5.64. The lowest BCUT2D eigenvalue weighted by molar-refractivity contribution is -0.153. The molecule has 4 heteroatoms. The summed E-state index contributed by atoms with van der Waals surface area (Å²) in [6.07, 6.45) is 4.16. The number of rotatable bonds is 4. The highest BCUT2D eigenvalue weighted by Gasteiger charge is 2.36. The van der Waals surface area contributed by atoms with Crippen LogP contribution < -0.4 is 5.32 Å². The van der Waals surface area contributed by atoms with Crippen molar-refractivity contribution < 1.29 is 14.6 Å². The summed E-state index contributed by atoms with van der Waals surface area (Å²) >= 11 is 0. The van der Waals surface area contributed by atoms with Crippen molar-refractivity contribution in [1.82, 2.24) is 5.32 Å². The summed E-state index contributed by atoms with van der Waals surface area (Å²) in [5, 5.41) is 13.0. The summed E-state index contributed by atoms with van der Waals surface area (Å²) in [7, 11) is 0. The van der Waals surface area contributed by atoms with E-state index in [1.54, 1.807) is 0 Å². The van der Waals surface area contributed by atoms with Gasteiger partial charge < -0.3 is 15.2 Å². The van der Waals surface area contributed by atoms with Crippen LogP contribution in [0.25, 0.3) is 0 Å². The summed E-state index contributed by atoms with van der Waals surface area (Å²) in [5.74, 6) is -0.867. The Balaban J connectivity index is 1.63. The summed E-state index contributed by atoms with van der Waals surface area (Å²) in [6, 6.07) is 10.3. The van der Waals surface area contributed by atoms with Crippen molar-refractivity contribution in [1.29, 1.82) is 0 Å². The molecule has 2 aliphatic heterocycles. The quantitative estimate of drug-likeness (QED) is 0.819. The van der Waals surface area contributed by atoms with E-state index in [1.807, 2.05) is 30.3 Å². The van der Waals surface area contributed by atoms with Crippen LogP contribution in [0.2, 0.25) is 0 Å². The van der Waals surface area contributed by atoms with Gasteiger partial charge in [-0.1, -0.05) is 30.3 Å². The van der Waals surface area contributed by atoms with Gasteiger partial charge in [-0.2, -0.15) is 0 Å². The second kappa shape index (κ2) is 5.94. The molecule has 2 saturated heterocycles. The number of carbonyl (C=O) groups excluding carboxylic acids is 1. The largest absolute Gasteiger partial charge is 0.462 e. The van der Waals surface area contributed by atoms with Crippen LogP contribution in [0, 0.1) is 0 Å². The van der Waals surface area contributed by atoms with Gasteiger partial charge in [-0.15, -0.1) is 0 Å². The Morgan fingerprint density at radius 1 is 1.25 bits per heavy atom. The highest BCUT2D eigenvalue weighted by atomic mass is 16.5. The van der Waals surface area contributed by atoms with E-state index in [0.717, 1.165) is 18.4 Å². The van der Waals surface area contributed by atoms with Gasteiger partial charge in [0.05, 0.1) is 6.61 Å². The zero-order valence-electron chi connectivity index (χ0n) is 11.5. The van der Waals surface area contributed by atoms with Crippen LogP contribution in [0.15, 0.2) is 30.3 Å². The molecule has 0 saturated carbocycles. The minimum atomic E-state index is -0.566. The maximum Gasteiger partial charge on any atom is 0.316 e. The lowest BCUT2D eigenvalue weighted by Gasteiger charge is -2.29. The Labute approximate surface area is 119 Å². The molecule has 4 atom stereocenters. The van der Waals surface area contributed by atoms with Gasteiger partial charge in [0.15, 0.2) is 0 Å². The molecule has 4 nitrogen and oxygen atoms in total. The smallest absolute Gasteiger partial charge is 0.316 e. The third-order valence-corrected chi connectivity index (χ3v) is 4.38. The molecule has 2 bridgehead atoms. The topological polar surface area (TPSA) is 58.6 Å². The molecule has 3 rings (SSSR count). The fraction of sp³-hybridized carbons (Fsp3) is 0.562. The van der Waals surface area contributed by atoms with Gasteiger partial charge in [0, 0.05) is 12.1 Å². The molecule has 2 heterocycles. The highest BCUT2D eigenvalue weighted by molar-refractivity contribution is 5.78. The SMILES string of the molecule is O=C(OC1C[C@H]2CC[C@@H](C1)N2)[C@H](CO)c1ccccc1. The van der Waals surface area contributed by atoms with Gasteiger partial charge >= 0.3 is 5.97 Å².